The van der Waals surface area contributed by atoms with Gasteiger partial charge in [0.05, 0.1) is 29.3 Å². The molecule has 1 amide bonds. The molecule has 0 unspecified atom stereocenters. The Kier molecular flexibility index (Phi) is 6.60. The number of fused-ring (bicyclic) bond motifs is 1. The highest BCUT2D eigenvalue weighted by molar-refractivity contribution is 7.92. The van der Waals surface area contributed by atoms with Crippen LogP contribution in [0.3, 0.4) is 0 Å². The number of sulfonamides is 1. The third-order valence-electron chi connectivity index (χ3n) is 5.68. The lowest BCUT2D eigenvalue weighted by Crippen LogP contribution is -2.30. The van der Waals surface area contributed by atoms with Crippen molar-refractivity contribution in [1.82, 2.24) is 20.1 Å². The highest BCUT2D eigenvalue weighted by atomic mass is 32.2. The predicted molar refractivity (Wildman–Crippen MR) is 128 cm³/mol. The number of amides is 1. The number of pyridine rings is 1. The van der Waals surface area contributed by atoms with Crippen LogP contribution in [-0.4, -0.2) is 62.9 Å². The summed E-state index contributed by atoms with van der Waals surface area (Å²) >= 11 is 0. The first-order valence-electron chi connectivity index (χ1n) is 10.9. The molecular weight excluding hydrogens is 539 g/mol. The molecule has 11 nitrogen and oxygen atoms in total. The van der Waals surface area contributed by atoms with E-state index in [0.29, 0.717) is 16.6 Å². The van der Waals surface area contributed by atoms with Crippen LogP contribution in [0.1, 0.15) is 41.7 Å². The number of carbonyl (C=O) groups is 1. The van der Waals surface area contributed by atoms with Gasteiger partial charge in [-0.1, -0.05) is 0 Å². The van der Waals surface area contributed by atoms with Gasteiger partial charge in [0.15, 0.2) is 0 Å². The fraction of sp³-hybridized carbons (Fsp3) is 0.381. The standard InChI is InChI=1S/C21H22F3N5O6S2/c1-4-28(36(3,31)32)17-10-16-15(9-14(17)12-5-6-12)19(20(30)25-2)29(27-16)13-7-8-18(26-11-13)35-37(33,34)21(22,23)24/h7-12H,4-6H2,1-3H3,(H,25,30). The third kappa shape index (κ3) is 5.07. The number of nitrogens with one attached hydrogen (secondary N) is 1. The van der Waals surface area contributed by atoms with Crippen molar-refractivity contribution in [2.24, 2.45) is 0 Å². The molecule has 2 aromatic heterocycles. The van der Waals surface area contributed by atoms with Gasteiger partial charge in [0.25, 0.3) is 5.91 Å². The number of carbonyl (C=O) groups excluding carboxylic acids is 1. The van der Waals surface area contributed by atoms with Crippen molar-refractivity contribution in [2.75, 3.05) is 24.2 Å². The largest absolute Gasteiger partial charge is 0.534 e. The van der Waals surface area contributed by atoms with Crippen molar-refractivity contribution in [3.05, 3.63) is 41.7 Å². The van der Waals surface area contributed by atoms with E-state index in [1.54, 1.807) is 19.1 Å². The Hall–Kier alpha value is -3.40. The zero-order chi connectivity index (χ0) is 27.3. The Bertz CT molecular complexity index is 1580. The van der Waals surface area contributed by atoms with E-state index < -0.39 is 37.4 Å². The summed E-state index contributed by atoms with van der Waals surface area (Å²) in [7, 11) is -8.11. The van der Waals surface area contributed by atoms with Gasteiger partial charge in [-0.2, -0.15) is 26.7 Å². The molecule has 3 aromatic rings. The fourth-order valence-electron chi connectivity index (χ4n) is 3.89. The van der Waals surface area contributed by atoms with Gasteiger partial charge >= 0.3 is 15.6 Å². The molecule has 0 saturated heterocycles. The monoisotopic (exact) mass is 561 g/mol. The lowest BCUT2D eigenvalue weighted by atomic mass is 10.0. The van der Waals surface area contributed by atoms with Gasteiger partial charge in [0.2, 0.25) is 15.9 Å². The van der Waals surface area contributed by atoms with Gasteiger partial charge < -0.3 is 9.50 Å². The molecule has 16 heteroatoms. The second-order valence-electron chi connectivity index (χ2n) is 8.31. The van der Waals surface area contributed by atoms with Crippen LogP contribution in [0.25, 0.3) is 16.6 Å². The zero-order valence-electron chi connectivity index (χ0n) is 19.8. The molecular formula is C21H22F3N5O6S2. The normalized spacial score (nSPS) is 14.5. The van der Waals surface area contributed by atoms with Gasteiger partial charge in [-0.25, -0.2) is 18.1 Å². The molecule has 4 rings (SSSR count). The first-order valence-corrected chi connectivity index (χ1v) is 14.2. The van der Waals surface area contributed by atoms with Crippen LogP contribution in [0.4, 0.5) is 18.9 Å². The number of halogens is 3. The molecule has 0 radical (unpaired) electrons. The lowest BCUT2D eigenvalue weighted by Gasteiger charge is -2.23. The summed E-state index contributed by atoms with van der Waals surface area (Å²) < 4.78 is 91.6. The van der Waals surface area contributed by atoms with E-state index in [0.717, 1.165) is 36.9 Å². The van der Waals surface area contributed by atoms with Crippen molar-refractivity contribution in [2.45, 2.75) is 31.2 Å². The maximum atomic E-state index is 12.9. The minimum Gasteiger partial charge on any atom is -0.355 e. The summed E-state index contributed by atoms with van der Waals surface area (Å²) in [5.41, 5.74) is -3.94. The third-order valence-corrected chi connectivity index (χ3v) is 7.89. The van der Waals surface area contributed by atoms with E-state index >= 15 is 0 Å². The quantitative estimate of drug-likeness (QED) is 0.327. The van der Waals surface area contributed by atoms with Crippen molar-refractivity contribution in [3.8, 4) is 11.6 Å². The number of benzene rings is 1. The molecule has 1 aromatic carbocycles. The van der Waals surface area contributed by atoms with Crippen molar-refractivity contribution < 1.29 is 39.0 Å². The number of nitrogens with zero attached hydrogens (tertiary/aromatic N) is 4. The number of alkyl halides is 3. The SMILES string of the molecule is CCN(c1cc2nn(-c3ccc(OS(=O)(=O)C(F)(F)F)nc3)c(C(=O)NC)c2cc1C1CC1)S(C)(=O)=O. The molecule has 2 heterocycles. The van der Waals surface area contributed by atoms with Gasteiger partial charge in [0, 0.05) is 25.0 Å². The average molecular weight is 562 g/mol. The Morgan fingerprint density at radius 1 is 1.22 bits per heavy atom. The minimum atomic E-state index is -5.91. The Labute approximate surface area is 210 Å². The summed E-state index contributed by atoms with van der Waals surface area (Å²) in [4.78, 5) is 16.5. The van der Waals surface area contributed by atoms with E-state index in [1.807, 2.05) is 0 Å². The van der Waals surface area contributed by atoms with Gasteiger partial charge in [-0.05, 0) is 49.4 Å². The number of aromatic nitrogens is 3. The van der Waals surface area contributed by atoms with Crippen molar-refractivity contribution in [1.29, 1.82) is 0 Å². The molecule has 1 N–H and O–H groups in total. The fourth-order valence-corrected chi connectivity index (χ4v) is 5.29. The summed E-state index contributed by atoms with van der Waals surface area (Å²) in [6, 6.07) is 5.38. The number of rotatable bonds is 8. The number of hydrogen-bond donors (Lipinski definition) is 1. The average Bonchev–Trinajstić information content (AvgIpc) is 3.57. The van der Waals surface area contributed by atoms with E-state index in [1.165, 1.54) is 22.1 Å². The van der Waals surface area contributed by atoms with Crippen molar-refractivity contribution >= 4 is 42.6 Å². The van der Waals surface area contributed by atoms with Crippen LogP contribution < -0.4 is 13.8 Å². The molecule has 1 saturated carbocycles. The zero-order valence-corrected chi connectivity index (χ0v) is 21.4. The number of hydrogen-bond acceptors (Lipinski definition) is 8. The maximum Gasteiger partial charge on any atom is 0.534 e. The minimum absolute atomic E-state index is 0.0757. The molecule has 200 valence electrons. The van der Waals surface area contributed by atoms with E-state index in [9.17, 15) is 34.8 Å². The second-order valence-corrected chi connectivity index (χ2v) is 11.8. The summed E-state index contributed by atoms with van der Waals surface area (Å²) in [6.45, 7) is 1.88. The van der Waals surface area contributed by atoms with Crippen molar-refractivity contribution in [3.63, 3.8) is 0 Å². The summed E-state index contributed by atoms with van der Waals surface area (Å²) in [5, 5.41) is 7.37. The molecule has 1 aliphatic carbocycles. The Morgan fingerprint density at radius 2 is 1.89 bits per heavy atom. The van der Waals surface area contributed by atoms with Crippen LogP contribution in [0.2, 0.25) is 0 Å². The van der Waals surface area contributed by atoms with Gasteiger partial charge in [-0.15, -0.1) is 0 Å². The molecule has 37 heavy (non-hydrogen) atoms. The second kappa shape index (κ2) is 9.16. The van der Waals surface area contributed by atoms with E-state index in [-0.39, 0.29) is 23.8 Å². The van der Waals surface area contributed by atoms with Crippen LogP contribution >= 0.6 is 0 Å². The molecule has 1 aliphatic rings. The summed E-state index contributed by atoms with van der Waals surface area (Å²) in [6.07, 6.45) is 3.81. The molecule has 0 bridgehead atoms. The van der Waals surface area contributed by atoms with E-state index in [2.05, 4.69) is 19.6 Å². The Morgan fingerprint density at radius 3 is 2.38 bits per heavy atom. The molecule has 0 aliphatic heterocycles. The highest BCUT2D eigenvalue weighted by Crippen LogP contribution is 2.46. The van der Waals surface area contributed by atoms with Gasteiger partial charge in [0.1, 0.15) is 5.69 Å². The molecule has 0 spiro atoms. The topological polar surface area (TPSA) is 141 Å². The first kappa shape index (κ1) is 26.7. The first-order chi connectivity index (χ1) is 17.2. The Balaban J connectivity index is 1.86. The highest BCUT2D eigenvalue weighted by Gasteiger charge is 2.48. The maximum absolute atomic E-state index is 12.9. The van der Waals surface area contributed by atoms with Crippen LogP contribution in [-0.2, 0) is 20.1 Å². The molecule has 1 fully saturated rings. The van der Waals surface area contributed by atoms with E-state index in [4.69, 9.17) is 0 Å². The summed E-state index contributed by atoms with van der Waals surface area (Å²) in [5.74, 6) is -1.25. The van der Waals surface area contributed by atoms with Gasteiger partial charge in [-0.3, -0.25) is 9.10 Å². The number of anilines is 1. The predicted octanol–water partition coefficient (Wildman–Crippen LogP) is 2.67. The lowest BCUT2D eigenvalue weighted by molar-refractivity contribution is -0.0501. The molecule has 0 atom stereocenters. The van der Waals surface area contributed by atoms with Crippen LogP contribution in [0.5, 0.6) is 5.88 Å². The van der Waals surface area contributed by atoms with Crippen LogP contribution in [0, 0.1) is 0 Å². The smallest absolute Gasteiger partial charge is 0.355 e. The van der Waals surface area contributed by atoms with Crippen LogP contribution in [0.15, 0.2) is 30.5 Å².